The van der Waals surface area contributed by atoms with Crippen LogP contribution in [0.5, 0.6) is 0 Å². The summed E-state index contributed by atoms with van der Waals surface area (Å²) in [5, 5.41) is 0. The van der Waals surface area contributed by atoms with E-state index in [4.69, 9.17) is 9.47 Å². The fourth-order valence-electron chi connectivity index (χ4n) is 2.16. The van der Waals surface area contributed by atoms with E-state index in [0.29, 0.717) is 17.7 Å². The molecule has 1 aromatic carbocycles. The van der Waals surface area contributed by atoms with Crippen LogP contribution in [0.3, 0.4) is 0 Å². The zero-order chi connectivity index (χ0) is 17.1. The van der Waals surface area contributed by atoms with Crippen LogP contribution in [0.2, 0.25) is 0 Å². The van der Waals surface area contributed by atoms with Crippen molar-refractivity contribution in [2.45, 2.75) is 65.4 Å². The summed E-state index contributed by atoms with van der Waals surface area (Å²) in [7, 11) is 0. The third-order valence-corrected chi connectivity index (χ3v) is 3.59. The van der Waals surface area contributed by atoms with Gasteiger partial charge in [0.2, 0.25) is 0 Å². The topological polar surface area (TPSA) is 52.6 Å². The van der Waals surface area contributed by atoms with E-state index in [9.17, 15) is 9.59 Å². The first-order valence-electron chi connectivity index (χ1n) is 8.56. The van der Waals surface area contributed by atoms with E-state index < -0.39 is 11.9 Å². The first-order valence-corrected chi connectivity index (χ1v) is 8.56. The lowest BCUT2D eigenvalue weighted by Gasteiger charge is -2.13. The molecule has 0 amide bonds. The number of unbranched alkanes of at least 4 members (excludes halogenated alkanes) is 3. The van der Waals surface area contributed by atoms with Crippen LogP contribution in [0.4, 0.5) is 0 Å². The molecule has 0 heterocycles. The molecule has 128 valence electrons. The zero-order valence-electron chi connectivity index (χ0n) is 14.5. The Morgan fingerprint density at radius 3 is 2.30 bits per heavy atom. The summed E-state index contributed by atoms with van der Waals surface area (Å²) in [4.78, 5) is 24.1. The Bertz CT molecular complexity index is 496. The maximum Gasteiger partial charge on any atom is 0.338 e. The molecule has 0 saturated carbocycles. The monoisotopic (exact) mass is 320 g/mol. The standard InChI is InChI=1S/C19H28O4/c1-4-6-8-10-15(3)23-19(21)17-12-9-11-16(14-17)18(20)22-13-7-5-2/h9,11-12,14-15H,4-8,10,13H2,1-3H3. The van der Waals surface area contributed by atoms with Crippen LogP contribution < -0.4 is 0 Å². The lowest BCUT2D eigenvalue weighted by atomic mass is 10.1. The molecule has 4 heteroatoms. The van der Waals surface area contributed by atoms with Crippen LogP contribution in [0, 0.1) is 0 Å². The highest BCUT2D eigenvalue weighted by Crippen LogP contribution is 2.12. The number of rotatable bonds is 10. The minimum atomic E-state index is -0.399. The molecule has 0 saturated heterocycles. The Hall–Kier alpha value is -1.84. The van der Waals surface area contributed by atoms with Gasteiger partial charge in [0.25, 0.3) is 0 Å². The third-order valence-electron chi connectivity index (χ3n) is 3.59. The number of esters is 2. The minimum Gasteiger partial charge on any atom is -0.462 e. The van der Waals surface area contributed by atoms with Crippen molar-refractivity contribution in [2.24, 2.45) is 0 Å². The second-order valence-corrected chi connectivity index (χ2v) is 5.78. The van der Waals surface area contributed by atoms with E-state index in [1.807, 2.05) is 13.8 Å². The van der Waals surface area contributed by atoms with Gasteiger partial charge in [0.1, 0.15) is 0 Å². The van der Waals surface area contributed by atoms with Gasteiger partial charge in [-0.05, 0) is 44.4 Å². The fourth-order valence-corrected chi connectivity index (χ4v) is 2.16. The molecule has 1 atom stereocenters. The summed E-state index contributed by atoms with van der Waals surface area (Å²) in [5.41, 5.74) is 0.770. The largest absolute Gasteiger partial charge is 0.462 e. The first-order chi connectivity index (χ1) is 11.1. The third kappa shape index (κ3) is 7.31. The summed E-state index contributed by atoms with van der Waals surface area (Å²) < 4.78 is 10.6. The maximum atomic E-state index is 12.1. The normalized spacial score (nSPS) is 11.8. The predicted molar refractivity (Wildman–Crippen MR) is 90.7 cm³/mol. The number of carbonyl (C=O) groups is 2. The van der Waals surface area contributed by atoms with E-state index in [-0.39, 0.29) is 6.10 Å². The Labute approximate surface area is 139 Å². The first kappa shape index (κ1) is 19.2. The highest BCUT2D eigenvalue weighted by molar-refractivity contribution is 5.95. The summed E-state index contributed by atoms with van der Waals surface area (Å²) in [6.45, 7) is 6.48. The predicted octanol–water partition coefficient (Wildman–Crippen LogP) is 4.77. The number of benzene rings is 1. The zero-order valence-corrected chi connectivity index (χ0v) is 14.5. The van der Waals surface area contributed by atoms with E-state index in [2.05, 4.69) is 6.92 Å². The van der Waals surface area contributed by atoms with Crippen molar-refractivity contribution in [3.63, 3.8) is 0 Å². The van der Waals surface area contributed by atoms with Crippen molar-refractivity contribution in [1.82, 2.24) is 0 Å². The quantitative estimate of drug-likeness (QED) is 0.460. The van der Waals surface area contributed by atoms with E-state index in [0.717, 1.165) is 38.5 Å². The van der Waals surface area contributed by atoms with Gasteiger partial charge in [0, 0.05) is 0 Å². The highest BCUT2D eigenvalue weighted by Gasteiger charge is 2.14. The molecule has 0 fully saturated rings. The Morgan fingerprint density at radius 1 is 1.00 bits per heavy atom. The van der Waals surface area contributed by atoms with Crippen molar-refractivity contribution in [1.29, 1.82) is 0 Å². The summed E-state index contributed by atoms with van der Waals surface area (Å²) in [5.74, 6) is -0.790. The van der Waals surface area contributed by atoms with Crippen LogP contribution >= 0.6 is 0 Å². The van der Waals surface area contributed by atoms with Gasteiger partial charge in [0.15, 0.2) is 0 Å². The number of hydrogen-bond donors (Lipinski definition) is 0. The molecular formula is C19H28O4. The van der Waals surface area contributed by atoms with E-state index >= 15 is 0 Å². The van der Waals surface area contributed by atoms with Crippen LogP contribution in [-0.4, -0.2) is 24.6 Å². The van der Waals surface area contributed by atoms with E-state index in [1.165, 1.54) is 6.07 Å². The van der Waals surface area contributed by atoms with Crippen LogP contribution in [-0.2, 0) is 9.47 Å². The van der Waals surface area contributed by atoms with Gasteiger partial charge >= 0.3 is 11.9 Å². The van der Waals surface area contributed by atoms with Gasteiger partial charge < -0.3 is 9.47 Å². The van der Waals surface area contributed by atoms with Gasteiger partial charge in [-0.2, -0.15) is 0 Å². The SMILES string of the molecule is CCCCCC(C)OC(=O)c1cccc(C(=O)OCCCC)c1. The summed E-state index contributed by atoms with van der Waals surface area (Å²) in [6.07, 6.45) is 5.88. The van der Waals surface area contributed by atoms with Crippen molar-refractivity contribution >= 4 is 11.9 Å². The minimum absolute atomic E-state index is 0.116. The summed E-state index contributed by atoms with van der Waals surface area (Å²) >= 11 is 0. The van der Waals surface area contributed by atoms with Crippen molar-refractivity contribution in [3.05, 3.63) is 35.4 Å². The number of carbonyl (C=O) groups excluding carboxylic acids is 2. The van der Waals surface area contributed by atoms with Crippen LogP contribution in [0.25, 0.3) is 0 Å². The molecule has 0 aliphatic rings. The maximum absolute atomic E-state index is 12.1. The van der Waals surface area contributed by atoms with Crippen molar-refractivity contribution < 1.29 is 19.1 Å². The molecule has 0 bridgehead atoms. The second-order valence-electron chi connectivity index (χ2n) is 5.78. The molecular weight excluding hydrogens is 292 g/mol. The van der Waals surface area contributed by atoms with Crippen LogP contribution in [0.15, 0.2) is 24.3 Å². The molecule has 0 spiro atoms. The van der Waals surface area contributed by atoms with Crippen molar-refractivity contribution in [2.75, 3.05) is 6.61 Å². The molecule has 0 aliphatic heterocycles. The highest BCUT2D eigenvalue weighted by atomic mass is 16.5. The average molecular weight is 320 g/mol. The lowest BCUT2D eigenvalue weighted by molar-refractivity contribution is 0.0319. The summed E-state index contributed by atoms with van der Waals surface area (Å²) in [6, 6.07) is 6.52. The molecule has 4 nitrogen and oxygen atoms in total. The molecule has 1 aromatic rings. The molecule has 1 unspecified atom stereocenters. The smallest absolute Gasteiger partial charge is 0.338 e. The fraction of sp³-hybridized carbons (Fsp3) is 0.579. The van der Waals surface area contributed by atoms with Gasteiger partial charge in [0.05, 0.1) is 23.8 Å². The number of ether oxygens (including phenoxy) is 2. The molecule has 23 heavy (non-hydrogen) atoms. The molecule has 0 aliphatic carbocycles. The number of hydrogen-bond acceptors (Lipinski definition) is 4. The van der Waals surface area contributed by atoms with E-state index in [1.54, 1.807) is 18.2 Å². The molecule has 0 radical (unpaired) electrons. The van der Waals surface area contributed by atoms with Gasteiger partial charge in [-0.15, -0.1) is 0 Å². The molecule has 1 rings (SSSR count). The Kier molecular flexibility index (Phi) is 9.03. The van der Waals surface area contributed by atoms with Crippen LogP contribution in [0.1, 0.15) is 80.0 Å². The van der Waals surface area contributed by atoms with Gasteiger partial charge in [-0.1, -0.05) is 39.2 Å². The van der Waals surface area contributed by atoms with Crippen molar-refractivity contribution in [3.8, 4) is 0 Å². The lowest BCUT2D eigenvalue weighted by Crippen LogP contribution is -2.16. The second kappa shape index (κ2) is 10.8. The van der Waals surface area contributed by atoms with Gasteiger partial charge in [-0.3, -0.25) is 0 Å². The Balaban J connectivity index is 2.57. The molecule has 0 N–H and O–H groups in total. The Morgan fingerprint density at radius 2 is 1.65 bits per heavy atom. The van der Waals surface area contributed by atoms with Gasteiger partial charge in [-0.25, -0.2) is 9.59 Å². The average Bonchev–Trinajstić information content (AvgIpc) is 2.55. The molecule has 0 aromatic heterocycles.